The first-order valence-electron chi connectivity index (χ1n) is 14.3. The predicted octanol–water partition coefficient (Wildman–Crippen LogP) is 7.16. The van der Waals surface area contributed by atoms with Crippen molar-refractivity contribution in [2.24, 2.45) is 4.99 Å². The summed E-state index contributed by atoms with van der Waals surface area (Å²) < 4.78 is 5.59. The molecule has 1 saturated carbocycles. The number of nitro benzene ring substituents is 1. The molecule has 0 bridgehead atoms. The summed E-state index contributed by atoms with van der Waals surface area (Å²) in [6.45, 7) is 0. The van der Waals surface area contributed by atoms with Gasteiger partial charge in [-0.1, -0.05) is 65.8 Å². The number of carbonyl (C=O) groups is 2. The standard InChI is InChI=1S/C34H29N3O6/c38-29(16-15-27-34-31(40)19-24(20-32(34)43-36-27)22-9-5-2-6-10-22)33-28(35-25-11-13-26(14-12-25)37(41)42)17-23(18-30(33)39)21-7-3-1-4-8-21/h1-14,23-24,38H,15-20H2. The van der Waals surface area contributed by atoms with Crippen LogP contribution in [0.25, 0.3) is 0 Å². The lowest BCUT2D eigenvalue weighted by atomic mass is 9.78. The van der Waals surface area contributed by atoms with Crippen molar-refractivity contribution >= 4 is 28.7 Å². The molecule has 6 rings (SSSR count). The Balaban J connectivity index is 1.27. The zero-order valence-electron chi connectivity index (χ0n) is 23.3. The first kappa shape index (κ1) is 28.0. The lowest BCUT2D eigenvalue weighted by Crippen LogP contribution is -2.26. The van der Waals surface area contributed by atoms with Crippen LogP contribution in [-0.2, 0) is 17.6 Å². The fourth-order valence-corrected chi connectivity index (χ4v) is 6.02. The van der Waals surface area contributed by atoms with Gasteiger partial charge in [0, 0.05) is 44.2 Å². The van der Waals surface area contributed by atoms with Crippen LogP contribution in [0, 0.1) is 10.1 Å². The molecule has 216 valence electrons. The van der Waals surface area contributed by atoms with E-state index in [0.717, 1.165) is 11.1 Å². The highest BCUT2D eigenvalue weighted by atomic mass is 16.6. The Morgan fingerprint density at radius 2 is 1.47 bits per heavy atom. The average molecular weight is 576 g/mol. The number of aromatic nitrogens is 1. The third kappa shape index (κ3) is 5.92. The number of fused-ring (bicyclic) bond motifs is 1. The number of aliphatic imine (C=N–C) groups is 1. The van der Waals surface area contributed by atoms with Crippen molar-refractivity contribution in [3.63, 3.8) is 0 Å². The summed E-state index contributed by atoms with van der Waals surface area (Å²) in [5.41, 5.74) is 3.96. The molecule has 0 radical (unpaired) electrons. The van der Waals surface area contributed by atoms with E-state index in [1.54, 1.807) is 0 Å². The van der Waals surface area contributed by atoms with E-state index in [1.165, 1.54) is 24.3 Å². The third-order valence-corrected chi connectivity index (χ3v) is 8.17. The van der Waals surface area contributed by atoms with Crippen molar-refractivity contribution in [1.29, 1.82) is 0 Å². The van der Waals surface area contributed by atoms with Gasteiger partial charge in [0.2, 0.25) is 0 Å². The van der Waals surface area contributed by atoms with Gasteiger partial charge in [0.15, 0.2) is 11.6 Å². The second-order valence-electron chi connectivity index (χ2n) is 11.0. The van der Waals surface area contributed by atoms with Gasteiger partial charge in [0.1, 0.15) is 11.5 Å². The maximum Gasteiger partial charge on any atom is 0.269 e. The highest BCUT2D eigenvalue weighted by Gasteiger charge is 2.34. The van der Waals surface area contributed by atoms with Gasteiger partial charge in [0.05, 0.1) is 33.2 Å². The van der Waals surface area contributed by atoms with Crippen molar-refractivity contribution < 1.29 is 24.1 Å². The lowest BCUT2D eigenvalue weighted by molar-refractivity contribution is -0.384. The Morgan fingerprint density at radius 3 is 2.09 bits per heavy atom. The summed E-state index contributed by atoms with van der Waals surface area (Å²) in [5.74, 6) is 0.0416. The van der Waals surface area contributed by atoms with E-state index in [-0.39, 0.29) is 59.7 Å². The molecule has 1 fully saturated rings. The number of Topliss-reactive ketones (excluding diaryl/α,β-unsaturated/α-hetero) is 2. The molecule has 0 saturated heterocycles. The van der Waals surface area contributed by atoms with Gasteiger partial charge < -0.3 is 9.63 Å². The normalized spacial score (nSPS) is 20.6. The summed E-state index contributed by atoms with van der Waals surface area (Å²) in [4.78, 5) is 41.9. The predicted molar refractivity (Wildman–Crippen MR) is 160 cm³/mol. The number of allylic oxidation sites excluding steroid dienone is 2. The number of benzene rings is 3. The molecule has 2 atom stereocenters. The monoisotopic (exact) mass is 575 g/mol. The molecule has 2 aliphatic carbocycles. The van der Waals surface area contributed by atoms with Crippen molar-refractivity contribution in [3.05, 3.63) is 135 Å². The van der Waals surface area contributed by atoms with Gasteiger partial charge in [-0.05, 0) is 41.5 Å². The number of hydrogen-bond acceptors (Lipinski definition) is 8. The van der Waals surface area contributed by atoms with Gasteiger partial charge in [-0.3, -0.25) is 24.7 Å². The number of carbonyl (C=O) groups excluding carboxylic acids is 2. The average Bonchev–Trinajstić information content (AvgIpc) is 3.44. The second kappa shape index (κ2) is 12.0. The Bertz CT molecular complexity index is 1740. The molecule has 1 N–H and O–H groups in total. The minimum Gasteiger partial charge on any atom is -0.511 e. The van der Waals surface area contributed by atoms with Gasteiger partial charge in [-0.25, -0.2) is 0 Å². The number of aliphatic hydroxyl groups excluding tert-OH is 1. The zero-order valence-corrected chi connectivity index (χ0v) is 23.3. The summed E-state index contributed by atoms with van der Waals surface area (Å²) in [5, 5.41) is 26.5. The maximum atomic E-state index is 13.5. The second-order valence-corrected chi connectivity index (χ2v) is 11.0. The van der Waals surface area contributed by atoms with E-state index in [0.29, 0.717) is 47.7 Å². The van der Waals surface area contributed by atoms with Crippen LogP contribution in [0.4, 0.5) is 11.4 Å². The van der Waals surface area contributed by atoms with Crippen molar-refractivity contribution in [3.8, 4) is 0 Å². The van der Waals surface area contributed by atoms with Crippen LogP contribution in [0.5, 0.6) is 0 Å². The van der Waals surface area contributed by atoms with E-state index >= 15 is 0 Å². The van der Waals surface area contributed by atoms with Crippen molar-refractivity contribution in [2.45, 2.75) is 50.4 Å². The molecule has 9 heteroatoms. The highest BCUT2D eigenvalue weighted by Crippen LogP contribution is 2.37. The Kier molecular flexibility index (Phi) is 7.79. The number of aryl methyl sites for hydroxylation is 1. The SMILES string of the molecule is O=C1CC(c2ccccc2)CC(=Nc2ccc([N+](=O)[O-])cc2)C1=C(O)CCc1noc2c1C(=O)CC(c1ccccc1)C2. The first-order valence-corrected chi connectivity index (χ1v) is 14.3. The molecule has 0 amide bonds. The number of rotatable bonds is 7. The molecule has 2 aliphatic rings. The van der Waals surface area contributed by atoms with Gasteiger partial charge >= 0.3 is 0 Å². The third-order valence-electron chi connectivity index (χ3n) is 8.17. The maximum absolute atomic E-state index is 13.5. The van der Waals surface area contributed by atoms with E-state index in [2.05, 4.69) is 10.1 Å². The number of nitro groups is 1. The van der Waals surface area contributed by atoms with Crippen molar-refractivity contribution in [1.82, 2.24) is 5.16 Å². The highest BCUT2D eigenvalue weighted by molar-refractivity contribution is 6.25. The number of aliphatic hydroxyl groups is 1. The van der Waals surface area contributed by atoms with Crippen LogP contribution in [0.1, 0.15) is 70.5 Å². The van der Waals surface area contributed by atoms with E-state index < -0.39 is 4.92 Å². The molecule has 1 aromatic heterocycles. The molecular formula is C34H29N3O6. The fraction of sp³-hybridized carbons (Fsp3) is 0.235. The summed E-state index contributed by atoms with van der Waals surface area (Å²) >= 11 is 0. The summed E-state index contributed by atoms with van der Waals surface area (Å²) in [7, 11) is 0. The first-order chi connectivity index (χ1) is 20.9. The van der Waals surface area contributed by atoms with Crippen LogP contribution in [0.15, 0.2) is 106 Å². The molecular weight excluding hydrogens is 546 g/mol. The smallest absolute Gasteiger partial charge is 0.269 e. The molecule has 4 aromatic rings. The quantitative estimate of drug-likeness (QED) is 0.107. The fourth-order valence-electron chi connectivity index (χ4n) is 6.02. The van der Waals surface area contributed by atoms with E-state index in [4.69, 9.17) is 4.52 Å². The number of nitrogens with zero attached hydrogens (tertiary/aromatic N) is 3. The zero-order chi connectivity index (χ0) is 29.9. The van der Waals surface area contributed by atoms with Crippen molar-refractivity contribution in [2.75, 3.05) is 0 Å². The van der Waals surface area contributed by atoms with E-state index in [9.17, 15) is 24.8 Å². The Morgan fingerprint density at radius 1 is 0.860 bits per heavy atom. The molecule has 1 heterocycles. The van der Waals surface area contributed by atoms with E-state index in [1.807, 2.05) is 60.7 Å². The van der Waals surface area contributed by atoms with Crippen LogP contribution in [0.3, 0.4) is 0 Å². The number of hydrogen-bond donors (Lipinski definition) is 1. The Labute approximate surface area is 247 Å². The summed E-state index contributed by atoms with van der Waals surface area (Å²) in [6.07, 6.45) is 1.83. The minimum absolute atomic E-state index is 0.0214. The topological polar surface area (TPSA) is 136 Å². The van der Waals surface area contributed by atoms with Crippen LogP contribution in [0.2, 0.25) is 0 Å². The van der Waals surface area contributed by atoms with Crippen LogP contribution in [-0.4, -0.2) is 32.5 Å². The van der Waals surface area contributed by atoms with Gasteiger partial charge in [0.25, 0.3) is 5.69 Å². The Hall–Kier alpha value is -5.18. The minimum atomic E-state index is -0.487. The molecule has 2 unspecified atom stereocenters. The molecule has 9 nitrogen and oxygen atoms in total. The van der Waals surface area contributed by atoms with Crippen LogP contribution < -0.4 is 0 Å². The largest absolute Gasteiger partial charge is 0.511 e. The van der Waals surface area contributed by atoms with Gasteiger partial charge in [-0.2, -0.15) is 0 Å². The molecule has 0 spiro atoms. The lowest BCUT2D eigenvalue weighted by Gasteiger charge is -2.26. The van der Waals surface area contributed by atoms with Gasteiger partial charge in [-0.15, -0.1) is 0 Å². The summed E-state index contributed by atoms with van der Waals surface area (Å²) in [6, 6.07) is 25.3. The molecule has 3 aromatic carbocycles. The number of ketones is 2. The molecule has 0 aliphatic heterocycles. The molecule has 43 heavy (non-hydrogen) atoms. The van der Waals surface area contributed by atoms with Crippen LogP contribution >= 0.6 is 0 Å². The number of non-ortho nitro benzene ring substituents is 1.